The van der Waals surface area contributed by atoms with Gasteiger partial charge in [-0.05, 0) is 36.0 Å². The van der Waals surface area contributed by atoms with Crippen molar-refractivity contribution < 1.29 is 13.2 Å². The summed E-state index contributed by atoms with van der Waals surface area (Å²) in [6, 6.07) is 6.12. The highest BCUT2D eigenvalue weighted by molar-refractivity contribution is 8.03. The lowest BCUT2D eigenvalue weighted by Gasteiger charge is -2.18. The Morgan fingerprint density at radius 1 is 1.24 bits per heavy atom. The van der Waals surface area contributed by atoms with Crippen LogP contribution in [0.15, 0.2) is 29.2 Å². The van der Waals surface area contributed by atoms with Crippen LogP contribution in [0, 0.1) is 10.7 Å². The van der Waals surface area contributed by atoms with Crippen molar-refractivity contribution in [3.05, 3.63) is 24.3 Å². The van der Waals surface area contributed by atoms with Crippen molar-refractivity contribution in [2.45, 2.75) is 11.3 Å². The first-order chi connectivity index (χ1) is 9.80. The van der Waals surface area contributed by atoms with Crippen molar-refractivity contribution in [2.24, 2.45) is 0 Å². The predicted octanol–water partition coefficient (Wildman–Crippen LogP) is 1.50. The molecule has 0 spiro atoms. The van der Waals surface area contributed by atoms with Crippen LogP contribution in [0.4, 0.5) is 5.69 Å². The van der Waals surface area contributed by atoms with E-state index in [-0.39, 0.29) is 17.2 Å². The molecule has 0 aromatic heterocycles. The van der Waals surface area contributed by atoms with Gasteiger partial charge in [0.1, 0.15) is 5.40 Å². The highest BCUT2D eigenvalue weighted by atomic mass is 32.2. The van der Waals surface area contributed by atoms with Gasteiger partial charge in [0, 0.05) is 39.0 Å². The van der Waals surface area contributed by atoms with Crippen LogP contribution >= 0.6 is 11.8 Å². The molecule has 0 aliphatic carbocycles. The largest absolute Gasteiger partial charge is 0.315 e. The summed E-state index contributed by atoms with van der Waals surface area (Å²) < 4.78 is 25.0. The van der Waals surface area contributed by atoms with Gasteiger partial charge in [-0.3, -0.25) is 4.79 Å². The van der Waals surface area contributed by atoms with E-state index in [1.165, 1.54) is 31.1 Å². The summed E-state index contributed by atoms with van der Waals surface area (Å²) >= 11 is 1.03. The Labute approximate surface area is 129 Å². The van der Waals surface area contributed by atoms with Crippen molar-refractivity contribution in [2.75, 3.05) is 31.8 Å². The Morgan fingerprint density at radius 2 is 1.81 bits per heavy atom. The van der Waals surface area contributed by atoms with Crippen molar-refractivity contribution in [1.29, 1.82) is 5.26 Å². The molecule has 0 fully saturated rings. The number of amides is 1. The van der Waals surface area contributed by atoms with E-state index in [1.54, 1.807) is 19.2 Å². The molecule has 0 radical (unpaired) electrons. The first-order valence-corrected chi connectivity index (χ1v) is 8.53. The third-order valence-corrected chi connectivity index (χ3v) is 5.23. The van der Waals surface area contributed by atoms with E-state index in [4.69, 9.17) is 5.26 Å². The smallest absolute Gasteiger partial charge is 0.242 e. The second kappa shape index (κ2) is 7.45. The number of nitrogens with zero attached hydrogens (tertiary/aromatic N) is 3. The number of rotatable bonds is 6. The molecule has 0 aliphatic rings. The minimum Gasteiger partial charge on any atom is -0.315 e. The zero-order valence-electron chi connectivity index (χ0n) is 12.1. The topological polar surface area (TPSA) is 81.5 Å². The van der Waals surface area contributed by atoms with Gasteiger partial charge in [0.05, 0.1) is 4.90 Å². The highest BCUT2D eigenvalue weighted by Crippen LogP contribution is 2.19. The summed E-state index contributed by atoms with van der Waals surface area (Å²) in [4.78, 5) is 13.5. The van der Waals surface area contributed by atoms with Crippen molar-refractivity contribution in [1.82, 2.24) is 4.31 Å². The van der Waals surface area contributed by atoms with Gasteiger partial charge in [-0.2, -0.15) is 5.26 Å². The standard InChI is InChI=1S/C13H17N3O3S2/c1-15(2)21(18,19)12-6-4-11(5-7-12)16(3)13(17)8-9-20-10-14/h4-7H,8-9H2,1-3H3. The number of hydrogen-bond donors (Lipinski definition) is 0. The van der Waals surface area contributed by atoms with Gasteiger partial charge < -0.3 is 4.90 Å². The number of hydrogen-bond acceptors (Lipinski definition) is 5. The Morgan fingerprint density at radius 3 is 2.29 bits per heavy atom. The fourth-order valence-corrected chi connectivity index (χ4v) is 2.82. The maximum absolute atomic E-state index is 11.9. The summed E-state index contributed by atoms with van der Waals surface area (Å²) in [6.45, 7) is 0. The molecule has 21 heavy (non-hydrogen) atoms. The van der Waals surface area contributed by atoms with Crippen LogP contribution in [0.1, 0.15) is 6.42 Å². The van der Waals surface area contributed by atoms with Gasteiger partial charge in [-0.15, -0.1) is 0 Å². The quantitative estimate of drug-likeness (QED) is 0.584. The van der Waals surface area contributed by atoms with Gasteiger partial charge in [0.25, 0.3) is 0 Å². The fraction of sp³-hybridized carbons (Fsp3) is 0.385. The molecule has 1 amide bonds. The summed E-state index contributed by atoms with van der Waals surface area (Å²) in [7, 11) is 1.08. The molecule has 1 aromatic rings. The zero-order chi connectivity index (χ0) is 16.0. The average Bonchev–Trinajstić information content (AvgIpc) is 2.46. The summed E-state index contributed by atoms with van der Waals surface area (Å²) in [5.41, 5.74) is 0.611. The number of benzene rings is 1. The van der Waals surface area contributed by atoms with E-state index in [9.17, 15) is 13.2 Å². The van der Waals surface area contributed by atoms with E-state index in [0.717, 1.165) is 16.1 Å². The molecule has 0 saturated heterocycles. The number of thioether (sulfide) groups is 1. The van der Waals surface area contributed by atoms with Crippen molar-refractivity contribution >= 4 is 33.4 Å². The first kappa shape index (κ1) is 17.5. The van der Waals surface area contributed by atoms with Crippen molar-refractivity contribution in [3.63, 3.8) is 0 Å². The lowest BCUT2D eigenvalue weighted by molar-refractivity contribution is -0.117. The van der Waals surface area contributed by atoms with Crippen LogP contribution in [-0.4, -0.2) is 45.5 Å². The molecule has 0 unspecified atom stereocenters. The second-order valence-electron chi connectivity index (χ2n) is 4.42. The summed E-state index contributed by atoms with van der Waals surface area (Å²) in [6.07, 6.45) is 0.256. The number of thiocyanates is 1. The molecular weight excluding hydrogens is 310 g/mol. The SMILES string of the molecule is CN(C(=O)CCSC#N)c1ccc(S(=O)(=O)N(C)C)cc1. The summed E-state index contributed by atoms with van der Waals surface area (Å²) in [5, 5.41) is 10.3. The van der Waals surface area contributed by atoms with Gasteiger partial charge in [0.2, 0.25) is 15.9 Å². The average molecular weight is 327 g/mol. The Hall–Kier alpha value is -1.56. The van der Waals surface area contributed by atoms with Gasteiger partial charge in [-0.25, -0.2) is 12.7 Å². The molecule has 114 valence electrons. The zero-order valence-corrected chi connectivity index (χ0v) is 13.7. The predicted molar refractivity (Wildman–Crippen MR) is 83.4 cm³/mol. The second-order valence-corrected chi connectivity index (χ2v) is 7.46. The third kappa shape index (κ3) is 4.46. The van der Waals surface area contributed by atoms with Crippen LogP contribution in [0.25, 0.3) is 0 Å². The van der Waals surface area contributed by atoms with Gasteiger partial charge in [0.15, 0.2) is 0 Å². The number of nitriles is 1. The van der Waals surface area contributed by atoms with E-state index in [0.29, 0.717) is 11.4 Å². The molecule has 0 N–H and O–H groups in total. The Kier molecular flexibility index (Phi) is 6.20. The number of carbonyl (C=O) groups excluding carboxylic acids is 1. The maximum Gasteiger partial charge on any atom is 0.242 e. The molecule has 1 aromatic carbocycles. The van der Waals surface area contributed by atoms with Crippen LogP contribution in [0.3, 0.4) is 0 Å². The molecule has 0 aliphatic heterocycles. The van der Waals surface area contributed by atoms with E-state index in [2.05, 4.69) is 0 Å². The molecule has 0 bridgehead atoms. The monoisotopic (exact) mass is 327 g/mol. The number of sulfonamides is 1. The minimum atomic E-state index is -3.47. The van der Waals surface area contributed by atoms with Crippen LogP contribution < -0.4 is 4.90 Å². The molecule has 6 nitrogen and oxygen atoms in total. The summed E-state index contributed by atoms with van der Waals surface area (Å²) in [5.74, 6) is 0.313. The normalized spacial score (nSPS) is 11.2. The number of carbonyl (C=O) groups is 1. The molecule has 0 saturated carbocycles. The first-order valence-electron chi connectivity index (χ1n) is 6.10. The Balaban J connectivity index is 2.83. The molecular formula is C13H17N3O3S2. The van der Waals surface area contributed by atoms with Crippen LogP contribution in [0.2, 0.25) is 0 Å². The van der Waals surface area contributed by atoms with Crippen molar-refractivity contribution in [3.8, 4) is 5.40 Å². The highest BCUT2D eigenvalue weighted by Gasteiger charge is 2.18. The maximum atomic E-state index is 11.9. The minimum absolute atomic E-state index is 0.124. The van der Waals surface area contributed by atoms with Crippen LogP contribution in [0.5, 0.6) is 0 Å². The molecule has 8 heteroatoms. The van der Waals surface area contributed by atoms with E-state index < -0.39 is 10.0 Å². The van der Waals surface area contributed by atoms with Gasteiger partial charge >= 0.3 is 0 Å². The van der Waals surface area contributed by atoms with Gasteiger partial charge in [-0.1, -0.05) is 0 Å². The fourth-order valence-electron chi connectivity index (χ4n) is 1.55. The van der Waals surface area contributed by atoms with Crippen LogP contribution in [-0.2, 0) is 14.8 Å². The lowest BCUT2D eigenvalue weighted by Crippen LogP contribution is -2.26. The number of anilines is 1. The molecule has 0 heterocycles. The van der Waals surface area contributed by atoms with E-state index in [1.807, 2.05) is 5.40 Å². The Bertz CT molecular complexity index is 634. The molecule has 0 atom stereocenters. The molecule has 1 rings (SSSR count). The lowest BCUT2D eigenvalue weighted by atomic mass is 10.3. The third-order valence-electron chi connectivity index (χ3n) is 2.86. The van der Waals surface area contributed by atoms with E-state index >= 15 is 0 Å².